The van der Waals surface area contributed by atoms with Gasteiger partial charge in [-0.25, -0.2) is 0 Å². The van der Waals surface area contributed by atoms with Crippen LogP contribution in [-0.4, -0.2) is 10.1 Å². The van der Waals surface area contributed by atoms with Gasteiger partial charge in [-0.3, -0.25) is 4.98 Å². The van der Waals surface area contributed by atoms with Gasteiger partial charge in [0.05, 0.1) is 6.61 Å². The van der Waals surface area contributed by atoms with Gasteiger partial charge in [0.2, 0.25) is 0 Å². The topological polar surface area (TPSA) is 33.1 Å². The van der Waals surface area contributed by atoms with E-state index in [0.717, 1.165) is 12.0 Å². The van der Waals surface area contributed by atoms with Crippen LogP contribution in [0.15, 0.2) is 12.4 Å². The molecular weight excluding hydrogens is 150 g/mol. The molecule has 64 valence electrons. The molecule has 0 amide bonds. The highest BCUT2D eigenvalue weighted by Crippen LogP contribution is 2.33. The summed E-state index contributed by atoms with van der Waals surface area (Å²) in [5.41, 5.74) is 3.68. The Balaban J connectivity index is 2.50. The third-order valence-corrected chi connectivity index (χ3v) is 2.71. The number of aromatic nitrogens is 1. The molecule has 0 aliphatic heterocycles. The van der Waals surface area contributed by atoms with Crippen molar-refractivity contribution in [2.24, 2.45) is 0 Å². The van der Waals surface area contributed by atoms with Crippen LogP contribution < -0.4 is 0 Å². The first-order chi connectivity index (χ1) is 5.83. The third kappa shape index (κ3) is 1.03. The van der Waals surface area contributed by atoms with Crippen LogP contribution in [-0.2, 0) is 13.0 Å². The molecule has 1 aliphatic carbocycles. The molecule has 0 fully saturated rings. The highest BCUT2D eigenvalue weighted by molar-refractivity contribution is 5.37. The summed E-state index contributed by atoms with van der Waals surface area (Å²) >= 11 is 0. The van der Waals surface area contributed by atoms with Gasteiger partial charge in [0, 0.05) is 12.4 Å². The molecule has 1 aromatic rings. The second-order valence-corrected chi connectivity index (χ2v) is 3.46. The van der Waals surface area contributed by atoms with Crippen molar-refractivity contribution in [3.8, 4) is 0 Å². The first-order valence-corrected chi connectivity index (χ1v) is 4.39. The minimum atomic E-state index is 0.128. The normalized spacial score (nSPS) is 21.0. The Labute approximate surface area is 72.3 Å². The molecule has 0 spiro atoms. The van der Waals surface area contributed by atoms with Gasteiger partial charge in [-0.1, -0.05) is 6.92 Å². The van der Waals surface area contributed by atoms with Crippen molar-refractivity contribution in [1.29, 1.82) is 0 Å². The van der Waals surface area contributed by atoms with E-state index in [1.54, 1.807) is 6.20 Å². The van der Waals surface area contributed by atoms with Gasteiger partial charge in [-0.2, -0.15) is 0 Å². The molecule has 0 aromatic carbocycles. The molecule has 0 radical (unpaired) electrons. The Bertz CT molecular complexity index is 296. The number of aliphatic hydroxyl groups is 1. The van der Waals surface area contributed by atoms with Crippen molar-refractivity contribution in [3.63, 3.8) is 0 Å². The van der Waals surface area contributed by atoms with E-state index in [1.807, 2.05) is 6.20 Å². The summed E-state index contributed by atoms with van der Waals surface area (Å²) in [6.07, 6.45) is 6.02. The van der Waals surface area contributed by atoms with Crippen LogP contribution in [0.5, 0.6) is 0 Å². The number of pyridine rings is 1. The van der Waals surface area contributed by atoms with Crippen molar-refractivity contribution in [3.05, 3.63) is 29.1 Å². The average Bonchev–Trinajstić information content (AvgIpc) is 2.48. The number of rotatable bonds is 1. The highest BCUT2D eigenvalue weighted by atomic mass is 16.3. The van der Waals surface area contributed by atoms with E-state index < -0.39 is 0 Å². The first-order valence-electron chi connectivity index (χ1n) is 4.39. The zero-order valence-corrected chi connectivity index (χ0v) is 7.25. The van der Waals surface area contributed by atoms with Gasteiger partial charge in [0.25, 0.3) is 0 Å². The summed E-state index contributed by atoms with van der Waals surface area (Å²) in [5, 5.41) is 9.05. The van der Waals surface area contributed by atoms with Crippen LogP contribution >= 0.6 is 0 Å². The van der Waals surface area contributed by atoms with E-state index in [-0.39, 0.29) is 6.61 Å². The smallest absolute Gasteiger partial charge is 0.0699 e. The highest BCUT2D eigenvalue weighted by Gasteiger charge is 2.20. The van der Waals surface area contributed by atoms with E-state index in [9.17, 15) is 0 Å². The van der Waals surface area contributed by atoms with Gasteiger partial charge >= 0.3 is 0 Å². The molecule has 1 heterocycles. The standard InChI is InChI=1S/C10H13NO/c1-7-2-3-9-8(6-12)4-11-5-10(7)9/h4-5,7,12H,2-3,6H2,1H3. The fourth-order valence-corrected chi connectivity index (χ4v) is 1.93. The summed E-state index contributed by atoms with van der Waals surface area (Å²) in [7, 11) is 0. The molecule has 1 aliphatic rings. The quantitative estimate of drug-likeness (QED) is 0.682. The van der Waals surface area contributed by atoms with Gasteiger partial charge in [0.15, 0.2) is 0 Å². The summed E-state index contributed by atoms with van der Waals surface area (Å²) in [6, 6.07) is 0. The van der Waals surface area contributed by atoms with Crippen molar-refractivity contribution in [2.75, 3.05) is 0 Å². The minimum absolute atomic E-state index is 0.128. The molecule has 0 bridgehead atoms. The zero-order chi connectivity index (χ0) is 8.55. The van der Waals surface area contributed by atoms with E-state index in [2.05, 4.69) is 11.9 Å². The lowest BCUT2D eigenvalue weighted by molar-refractivity contribution is 0.280. The van der Waals surface area contributed by atoms with Gasteiger partial charge in [-0.05, 0) is 35.4 Å². The fraction of sp³-hybridized carbons (Fsp3) is 0.500. The number of nitrogens with zero attached hydrogens (tertiary/aromatic N) is 1. The maximum atomic E-state index is 9.05. The molecule has 1 aromatic heterocycles. The molecule has 12 heavy (non-hydrogen) atoms. The van der Waals surface area contributed by atoms with E-state index in [4.69, 9.17) is 5.11 Å². The van der Waals surface area contributed by atoms with Gasteiger partial charge in [-0.15, -0.1) is 0 Å². The van der Waals surface area contributed by atoms with Gasteiger partial charge < -0.3 is 5.11 Å². The van der Waals surface area contributed by atoms with E-state index >= 15 is 0 Å². The van der Waals surface area contributed by atoms with Crippen molar-refractivity contribution in [1.82, 2.24) is 4.98 Å². The lowest BCUT2D eigenvalue weighted by Gasteiger charge is -2.05. The van der Waals surface area contributed by atoms with Crippen LogP contribution in [0.3, 0.4) is 0 Å². The second kappa shape index (κ2) is 2.87. The molecule has 0 saturated heterocycles. The lowest BCUT2D eigenvalue weighted by atomic mass is 10.0. The third-order valence-electron chi connectivity index (χ3n) is 2.71. The first kappa shape index (κ1) is 7.74. The van der Waals surface area contributed by atoms with Crippen LogP contribution in [0.2, 0.25) is 0 Å². The molecule has 1 unspecified atom stereocenters. The van der Waals surface area contributed by atoms with Gasteiger partial charge in [0.1, 0.15) is 0 Å². The predicted octanol–water partition coefficient (Wildman–Crippen LogP) is 1.62. The largest absolute Gasteiger partial charge is 0.392 e. The van der Waals surface area contributed by atoms with Crippen molar-refractivity contribution >= 4 is 0 Å². The molecule has 1 atom stereocenters. The Morgan fingerprint density at radius 2 is 2.42 bits per heavy atom. The average molecular weight is 163 g/mol. The van der Waals surface area contributed by atoms with E-state index in [0.29, 0.717) is 5.92 Å². The molecule has 2 heteroatoms. The zero-order valence-electron chi connectivity index (χ0n) is 7.25. The Morgan fingerprint density at radius 1 is 1.58 bits per heavy atom. The number of fused-ring (bicyclic) bond motifs is 1. The predicted molar refractivity (Wildman–Crippen MR) is 46.9 cm³/mol. The number of aliphatic hydroxyl groups excluding tert-OH is 1. The van der Waals surface area contributed by atoms with Crippen LogP contribution in [0.1, 0.15) is 36.0 Å². The monoisotopic (exact) mass is 163 g/mol. The van der Waals surface area contributed by atoms with Crippen LogP contribution in [0.4, 0.5) is 0 Å². The summed E-state index contributed by atoms with van der Waals surface area (Å²) in [5.74, 6) is 0.624. The molecular formula is C10H13NO. The molecule has 2 rings (SSSR count). The summed E-state index contributed by atoms with van der Waals surface area (Å²) < 4.78 is 0. The molecule has 0 saturated carbocycles. The second-order valence-electron chi connectivity index (χ2n) is 3.46. The van der Waals surface area contributed by atoms with Crippen molar-refractivity contribution < 1.29 is 5.11 Å². The Morgan fingerprint density at radius 3 is 3.17 bits per heavy atom. The van der Waals surface area contributed by atoms with Crippen LogP contribution in [0, 0.1) is 0 Å². The number of hydrogen-bond acceptors (Lipinski definition) is 2. The maximum absolute atomic E-state index is 9.05. The SMILES string of the molecule is CC1CCc2c(CO)cncc21. The lowest BCUT2D eigenvalue weighted by Crippen LogP contribution is -1.95. The maximum Gasteiger partial charge on any atom is 0.0699 e. The summed E-state index contributed by atoms with van der Waals surface area (Å²) in [4.78, 5) is 4.12. The van der Waals surface area contributed by atoms with Crippen molar-refractivity contribution in [2.45, 2.75) is 32.3 Å². The molecule has 2 nitrogen and oxygen atoms in total. The van der Waals surface area contributed by atoms with Crippen LogP contribution in [0.25, 0.3) is 0 Å². The fourth-order valence-electron chi connectivity index (χ4n) is 1.93. The number of hydrogen-bond donors (Lipinski definition) is 1. The molecule has 1 N–H and O–H groups in total. The Kier molecular flexibility index (Phi) is 1.85. The Hall–Kier alpha value is -0.890. The summed E-state index contributed by atoms with van der Waals surface area (Å²) in [6.45, 7) is 2.34. The van der Waals surface area contributed by atoms with E-state index in [1.165, 1.54) is 17.5 Å². The minimum Gasteiger partial charge on any atom is -0.392 e.